The highest BCUT2D eigenvalue weighted by Gasteiger charge is 2.27. The molecule has 4 rings (SSSR count). The molecule has 0 aliphatic carbocycles. The number of hydrogen-bond acceptors (Lipinski definition) is 5. The van der Waals surface area contributed by atoms with Gasteiger partial charge in [-0.05, 0) is 48.0 Å². The van der Waals surface area contributed by atoms with Crippen LogP contribution >= 0.6 is 11.6 Å². The smallest absolute Gasteiger partial charge is 0.244 e. The summed E-state index contributed by atoms with van der Waals surface area (Å²) in [5.74, 6) is -0.406. The van der Waals surface area contributed by atoms with E-state index in [1.165, 1.54) is 30.3 Å². The molecule has 32 heavy (non-hydrogen) atoms. The van der Waals surface area contributed by atoms with Gasteiger partial charge in [0.2, 0.25) is 11.8 Å². The number of aliphatic imine (C=N–C) groups is 1. The number of carbonyl (C=O) groups is 2. The Bertz CT molecular complexity index is 1210. The SMILES string of the molecule is COc1ccc(NC(=O)CN2C(=O)CC(c3ccc(F)cc3)=Nc3cccnc32)cc1Cl. The number of nitrogens with zero attached hydrogens (tertiary/aromatic N) is 3. The molecule has 1 aliphatic heterocycles. The van der Waals surface area contributed by atoms with Gasteiger partial charge in [0.05, 0.1) is 24.3 Å². The summed E-state index contributed by atoms with van der Waals surface area (Å²) in [6.07, 6.45) is 1.46. The van der Waals surface area contributed by atoms with E-state index in [0.29, 0.717) is 33.4 Å². The summed E-state index contributed by atoms with van der Waals surface area (Å²) in [5.41, 5.74) is 1.99. The van der Waals surface area contributed by atoms with Crippen molar-refractivity contribution in [3.63, 3.8) is 0 Å². The number of hydrogen-bond donors (Lipinski definition) is 1. The predicted molar refractivity (Wildman–Crippen MR) is 120 cm³/mol. The summed E-state index contributed by atoms with van der Waals surface area (Å²) >= 11 is 6.11. The van der Waals surface area contributed by atoms with Crippen LogP contribution in [-0.2, 0) is 9.59 Å². The van der Waals surface area contributed by atoms with Crippen molar-refractivity contribution in [2.45, 2.75) is 6.42 Å². The van der Waals surface area contributed by atoms with Gasteiger partial charge in [-0.25, -0.2) is 14.4 Å². The first kappa shape index (κ1) is 21.5. The van der Waals surface area contributed by atoms with Crippen LogP contribution in [0.15, 0.2) is 65.8 Å². The maximum atomic E-state index is 13.3. The van der Waals surface area contributed by atoms with Crippen LogP contribution in [0.4, 0.5) is 21.6 Å². The standard InChI is InChI=1S/C23H18ClFN4O3/c1-32-20-9-8-16(11-17(20)24)27-21(30)13-29-22(31)12-19(14-4-6-15(25)7-5-14)28-18-3-2-10-26-23(18)29/h2-11H,12-13H2,1H3,(H,27,30). The van der Waals surface area contributed by atoms with E-state index in [2.05, 4.69) is 15.3 Å². The molecule has 7 nitrogen and oxygen atoms in total. The van der Waals surface area contributed by atoms with Crippen LogP contribution in [0.25, 0.3) is 0 Å². The van der Waals surface area contributed by atoms with Crippen molar-refractivity contribution < 1.29 is 18.7 Å². The number of anilines is 2. The Hall–Kier alpha value is -3.78. The van der Waals surface area contributed by atoms with Crippen LogP contribution in [0.5, 0.6) is 5.75 Å². The Kier molecular flexibility index (Phi) is 6.13. The molecule has 0 fully saturated rings. The first-order valence-corrected chi connectivity index (χ1v) is 10.0. The molecule has 2 heterocycles. The van der Waals surface area contributed by atoms with Gasteiger partial charge in [-0.15, -0.1) is 0 Å². The first-order valence-electron chi connectivity index (χ1n) is 9.67. The van der Waals surface area contributed by atoms with Crippen molar-refractivity contribution in [2.24, 2.45) is 4.99 Å². The van der Waals surface area contributed by atoms with Gasteiger partial charge in [-0.2, -0.15) is 0 Å². The summed E-state index contributed by atoms with van der Waals surface area (Å²) in [5, 5.41) is 3.07. The van der Waals surface area contributed by atoms with Crippen molar-refractivity contribution in [3.8, 4) is 5.75 Å². The van der Waals surface area contributed by atoms with Crippen LogP contribution in [0, 0.1) is 5.82 Å². The zero-order valence-electron chi connectivity index (χ0n) is 17.0. The van der Waals surface area contributed by atoms with Gasteiger partial charge in [0.15, 0.2) is 5.82 Å². The molecule has 9 heteroatoms. The van der Waals surface area contributed by atoms with E-state index < -0.39 is 5.91 Å². The Labute approximate surface area is 188 Å². The van der Waals surface area contributed by atoms with E-state index in [0.717, 1.165) is 0 Å². The molecular formula is C23H18ClFN4O3. The number of aromatic nitrogens is 1. The molecule has 0 spiro atoms. The van der Waals surface area contributed by atoms with Crippen molar-refractivity contribution in [1.29, 1.82) is 0 Å². The third-order valence-electron chi connectivity index (χ3n) is 4.81. The van der Waals surface area contributed by atoms with Gasteiger partial charge in [0, 0.05) is 11.9 Å². The van der Waals surface area contributed by atoms with Gasteiger partial charge in [0.1, 0.15) is 23.8 Å². The fourth-order valence-electron chi connectivity index (χ4n) is 3.29. The predicted octanol–water partition coefficient (Wildman–Crippen LogP) is 4.38. The molecule has 1 N–H and O–H groups in total. The van der Waals surface area contributed by atoms with Gasteiger partial charge >= 0.3 is 0 Å². The Morgan fingerprint density at radius 1 is 1.22 bits per heavy atom. The number of amides is 2. The zero-order valence-corrected chi connectivity index (χ0v) is 17.8. The first-order chi connectivity index (χ1) is 15.4. The lowest BCUT2D eigenvalue weighted by Crippen LogP contribution is -2.39. The number of nitrogens with one attached hydrogen (secondary N) is 1. The monoisotopic (exact) mass is 452 g/mol. The van der Waals surface area contributed by atoms with Crippen molar-refractivity contribution in [2.75, 3.05) is 23.9 Å². The molecule has 0 bridgehead atoms. The molecule has 162 valence electrons. The minimum absolute atomic E-state index is 0.0658. The van der Waals surface area contributed by atoms with E-state index in [1.54, 1.807) is 42.5 Å². The van der Waals surface area contributed by atoms with Gasteiger partial charge < -0.3 is 10.1 Å². The van der Waals surface area contributed by atoms with Crippen molar-refractivity contribution in [1.82, 2.24) is 4.98 Å². The minimum atomic E-state index is -0.429. The number of methoxy groups -OCH3 is 1. The average molecular weight is 453 g/mol. The minimum Gasteiger partial charge on any atom is -0.495 e. The summed E-state index contributed by atoms with van der Waals surface area (Å²) in [6.45, 7) is -0.265. The molecule has 0 unspecified atom stereocenters. The number of benzene rings is 2. The summed E-state index contributed by atoms with van der Waals surface area (Å²) in [4.78, 5) is 35.9. The molecule has 2 aromatic carbocycles. The molecule has 1 aromatic heterocycles. The zero-order chi connectivity index (χ0) is 22.7. The van der Waals surface area contributed by atoms with Crippen LogP contribution in [0.1, 0.15) is 12.0 Å². The Balaban J connectivity index is 1.58. The number of pyridine rings is 1. The fraction of sp³-hybridized carbons (Fsp3) is 0.130. The van der Waals surface area contributed by atoms with E-state index in [9.17, 15) is 14.0 Å². The maximum Gasteiger partial charge on any atom is 0.244 e. The van der Waals surface area contributed by atoms with E-state index in [-0.39, 0.29) is 30.5 Å². The van der Waals surface area contributed by atoms with Gasteiger partial charge in [-0.3, -0.25) is 14.5 Å². The third kappa shape index (κ3) is 4.60. The lowest BCUT2D eigenvalue weighted by Gasteiger charge is -2.20. The van der Waals surface area contributed by atoms with Crippen molar-refractivity contribution in [3.05, 3.63) is 77.2 Å². The molecule has 0 radical (unpaired) electrons. The van der Waals surface area contributed by atoms with E-state index in [1.807, 2.05) is 0 Å². The Morgan fingerprint density at radius 3 is 2.72 bits per heavy atom. The normalized spacial score (nSPS) is 13.2. The topological polar surface area (TPSA) is 83.9 Å². The summed E-state index contributed by atoms with van der Waals surface area (Å²) < 4.78 is 18.4. The number of fused-ring (bicyclic) bond motifs is 1. The number of carbonyl (C=O) groups excluding carboxylic acids is 2. The Morgan fingerprint density at radius 2 is 2.00 bits per heavy atom. The molecular weight excluding hydrogens is 435 g/mol. The van der Waals surface area contributed by atoms with Gasteiger partial charge in [-0.1, -0.05) is 23.7 Å². The number of rotatable bonds is 5. The van der Waals surface area contributed by atoms with Crippen LogP contribution in [-0.4, -0.2) is 36.2 Å². The lowest BCUT2D eigenvalue weighted by atomic mass is 10.1. The fourth-order valence-corrected chi connectivity index (χ4v) is 3.54. The second-order valence-electron chi connectivity index (χ2n) is 6.97. The molecule has 0 saturated heterocycles. The molecule has 0 saturated carbocycles. The number of halogens is 2. The van der Waals surface area contributed by atoms with Crippen LogP contribution in [0.2, 0.25) is 5.02 Å². The highest BCUT2D eigenvalue weighted by Crippen LogP contribution is 2.31. The van der Waals surface area contributed by atoms with E-state index >= 15 is 0 Å². The van der Waals surface area contributed by atoms with E-state index in [4.69, 9.17) is 16.3 Å². The van der Waals surface area contributed by atoms with Crippen molar-refractivity contribution >= 4 is 46.3 Å². The van der Waals surface area contributed by atoms with Crippen LogP contribution < -0.4 is 15.0 Å². The largest absolute Gasteiger partial charge is 0.495 e. The van der Waals surface area contributed by atoms with Crippen LogP contribution in [0.3, 0.4) is 0 Å². The third-order valence-corrected chi connectivity index (χ3v) is 5.11. The highest BCUT2D eigenvalue weighted by atomic mass is 35.5. The molecule has 0 atom stereocenters. The molecule has 1 aliphatic rings. The second kappa shape index (κ2) is 9.15. The second-order valence-corrected chi connectivity index (χ2v) is 7.37. The maximum absolute atomic E-state index is 13.3. The lowest BCUT2D eigenvalue weighted by molar-refractivity contribution is -0.120. The summed E-state index contributed by atoms with van der Waals surface area (Å²) in [7, 11) is 1.50. The summed E-state index contributed by atoms with van der Waals surface area (Å²) in [6, 6.07) is 14.0. The quantitative estimate of drug-likeness (QED) is 0.622. The number of ether oxygens (including phenoxy) is 1. The molecule has 3 aromatic rings. The highest BCUT2D eigenvalue weighted by molar-refractivity contribution is 6.32. The average Bonchev–Trinajstić information content (AvgIpc) is 2.91. The molecule has 2 amide bonds. The van der Waals surface area contributed by atoms with Gasteiger partial charge in [0.25, 0.3) is 0 Å².